The fourth-order valence-electron chi connectivity index (χ4n) is 2.88. The molecule has 0 fully saturated rings. The first kappa shape index (κ1) is 18.1. The van der Waals surface area contributed by atoms with Crippen molar-refractivity contribution in [3.05, 3.63) is 53.6 Å². The average Bonchev–Trinajstić information content (AvgIpc) is 3.01. The standard InChI is InChI=1S/C20H24N2O4/c1-14-12-16-13-15(8-9-18(16)26-14)10-11-25-19-7-5-4-6-17(19)21-20(23)22(2)24-3/h4-9,13-14H,10-12H2,1-3H3,(H,21,23). The van der Waals surface area contributed by atoms with Gasteiger partial charge in [-0.1, -0.05) is 24.3 Å². The van der Waals surface area contributed by atoms with Crippen LogP contribution in [0, 0.1) is 0 Å². The molecule has 1 atom stereocenters. The van der Waals surface area contributed by atoms with Gasteiger partial charge in [-0.25, -0.2) is 9.86 Å². The van der Waals surface area contributed by atoms with Crippen LogP contribution < -0.4 is 14.8 Å². The minimum absolute atomic E-state index is 0.247. The van der Waals surface area contributed by atoms with Gasteiger partial charge in [-0.2, -0.15) is 0 Å². The van der Waals surface area contributed by atoms with E-state index in [9.17, 15) is 4.79 Å². The number of carbonyl (C=O) groups excluding carboxylic acids is 1. The lowest BCUT2D eigenvalue weighted by atomic mass is 10.1. The van der Waals surface area contributed by atoms with Crippen LogP contribution in [-0.4, -0.2) is 38.0 Å². The molecular formula is C20H24N2O4. The second-order valence-corrected chi connectivity index (χ2v) is 6.28. The van der Waals surface area contributed by atoms with Gasteiger partial charge in [0.25, 0.3) is 0 Å². The van der Waals surface area contributed by atoms with Crippen molar-refractivity contribution in [3.63, 3.8) is 0 Å². The Balaban J connectivity index is 1.59. The molecule has 0 aliphatic carbocycles. The summed E-state index contributed by atoms with van der Waals surface area (Å²) in [7, 11) is 2.97. The van der Waals surface area contributed by atoms with Gasteiger partial charge in [-0.15, -0.1) is 0 Å². The third kappa shape index (κ3) is 4.26. The molecule has 6 nitrogen and oxygen atoms in total. The lowest BCUT2D eigenvalue weighted by molar-refractivity contribution is -0.0598. The summed E-state index contributed by atoms with van der Waals surface area (Å²) >= 11 is 0. The molecule has 0 spiro atoms. The Morgan fingerprint density at radius 2 is 2.12 bits per heavy atom. The van der Waals surface area contributed by atoms with E-state index in [1.54, 1.807) is 6.07 Å². The summed E-state index contributed by atoms with van der Waals surface area (Å²) in [5.74, 6) is 1.61. The highest BCUT2D eigenvalue weighted by Crippen LogP contribution is 2.30. The van der Waals surface area contributed by atoms with Crippen LogP contribution in [0.4, 0.5) is 10.5 Å². The maximum absolute atomic E-state index is 11.9. The number of nitrogens with one attached hydrogen (secondary N) is 1. The number of rotatable bonds is 6. The third-order valence-electron chi connectivity index (χ3n) is 4.30. The van der Waals surface area contributed by atoms with Crippen LogP contribution in [0.1, 0.15) is 18.1 Å². The first-order valence-electron chi connectivity index (χ1n) is 8.66. The summed E-state index contributed by atoms with van der Waals surface area (Å²) in [6.07, 6.45) is 1.98. The molecule has 1 heterocycles. The van der Waals surface area contributed by atoms with E-state index in [4.69, 9.17) is 14.3 Å². The average molecular weight is 356 g/mol. The number of nitrogens with zero attached hydrogens (tertiary/aromatic N) is 1. The number of hydroxylamine groups is 2. The molecular weight excluding hydrogens is 332 g/mol. The SMILES string of the molecule is CON(C)C(=O)Nc1ccccc1OCCc1ccc2c(c1)CC(C)O2. The zero-order valence-corrected chi connectivity index (χ0v) is 15.3. The second-order valence-electron chi connectivity index (χ2n) is 6.28. The predicted molar refractivity (Wildman–Crippen MR) is 99.7 cm³/mol. The number of carbonyl (C=O) groups is 1. The second kappa shape index (κ2) is 8.10. The van der Waals surface area contributed by atoms with E-state index >= 15 is 0 Å². The van der Waals surface area contributed by atoms with Gasteiger partial charge in [-0.3, -0.25) is 4.84 Å². The quantitative estimate of drug-likeness (QED) is 0.803. The van der Waals surface area contributed by atoms with Crippen LogP contribution >= 0.6 is 0 Å². The van der Waals surface area contributed by atoms with Crippen LogP contribution in [-0.2, 0) is 17.7 Å². The van der Waals surface area contributed by atoms with Gasteiger partial charge in [0, 0.05) is 19.9 Å². The number of hydrogen-bond acceptors (Lipinski definition) is 4. The first-order chi connectivity index (χ1) is 12.6. The molecule has 6 heteroatoms. The van der Waals surface area contributed by atoms with Crippen molar-refractivity contribution in [3.8, 4) is 11.5 Å². The zero-order valence-electron chi connectivity index (χ0n) is 15.3. The van der Waals surface area contributed by atoms with Crippen molar-refractivity contribution < 1.29 is 19.1 Å². The van der Waals surface area contributed by atoms with Crippen molar-refractivity contribution >= 4 is 11.7 Å². The van der Waals surface area contributed by atoms with Crippen LogP contribution in [0.25, 0.3) is 0 Å². The molecule has 2 aromatic rings. The van der Waals surface area contributed by atoms with Crippen LogP contribution in [0.5, 0.6) is 11.5 Å². The summed E-state index contributed by atoms with van der Waals surface area (Å²) in [4.78, 5) is 16.8. The molecule has 138 valence electrons. The number of amides is 2. The van der Waals surface area contributed by atoms with Crippen molar-refractivity contribution in [2.45, 2.75) is 25.9 Å². The minimum Gasteiger partial charge on any atom is -0.491 e. The molecule has 1 aliphatic rings. The normalized spacial score (nSPS) is 15.1. The van der Waals surface area contributed by atoms with Gasteiger partial charge in [0.15, 0.2) is 0 Å². The number of para-hydroxylation sites is 2. The molecule has 2 amide bonds. The number of urea groups is 1. The number of ether oxygens (including phenoxy) is 2. The van der Waals surface area contributed by atoms with E-state index in [1.807, 2.05) is 24.3 Å². The van der Waals surface area contributed by atoms with E-state index in [0.29, 0.717) is 18.0 Å². The van der Waals surface area contributed by atoms with Crippen molar-refractivity contribution in [1.82, 2.24) is 5.06 Å². The van der Waals surface area contributed by atoms with Gasteiger partial charge >= 0.3 is 6.03 Å². The van der Waals surface area contributed by atoms with Crippen molar-refractivity contribution in [1.29, 1.82) is 0 Å². The first-order valence-corrected chi connectivity index (χ1v) is 8.66. The molecule has 0 saturated carbocycles. The lowest BCUT2D eigenvalue weighted by Gasteiger charge is -2.17. The van der Waals surface area contributed by atoms with E-state index in [-0.39, 0.29) is 12.1 Å². The zero-order chi connectivity index (χ0) is 18.5. The summed E-state index contributed by atoms with van der Waals surface area (Å²) < 4.78 is 11.6. The summed E-state index contributed by atoms with van der Waals surface area (Å²) in [6.45, 7) is 2.59. The minimum atomic E-state index is -0.365. The van der Waals surface area contributed by atoms with Crippen molar-refractivity contribution in [2.75, 3.05) is 26.1 Å². The molecule has 0 bridgehead atoms. The molecule has 3 rings (SSSR count). The van der Waals surface area contributed by atoms with Gasteiger partial charge in [0.1, 0.15) is 17.6 Å². The third-order valence-corrected chi connectivity index (χ3v) is 4.30. The Morgan fingerprint density at radius 1 is 1.31 bits per heavy atom. The van der Waals surface area contributed by atoms with E-state index < -0.39 is 0 Å². The summed E-state index contributed by atoms with van der Waals surface area (Å²) in [6, 6.07) is 13.3. The topological polar surface area (TPSA) is 60.0 Å². The molecule has 1 unspecified atom stereocenters. The molecule has 1 N–H and O–H groups in total. The lowest BCUT2D eigenvalue weighted by Crippen LogP contribution is -2.30. The summed E-state index contributed by atoms with van der Waals surface area (Å²) in [5, 5.41) is 3.88. The predicted octanol–water partition coefficient (Wildman–Crippen LogP) is 3.66. The maximum atomic E-state index is 11.9. The molecule has 1 aliphatic heterocycles. The summed E-state index contributed by atoms with van der Waals surface area (Å²) in [5.41, 5.74) is 3.07. The van der Waals surface area contributed by atoms with E-state index in [2.05, 4.69) is 24.4 Å². The molecule has 0 saturated heterocycles. The van der Waals surface area contributed by atoms with Crippen molar-refractivity contribution in [2.24, 2.45) is 0 Å². The monoisotopic (exact) mass is 356 g/mol. The molecule has 0 radical (unpaired) electrons. The Kier molecular flexibility index (Phi) is 5.63. The number of anilines is 1. The van der Waals surface area contributed by atoms with Gasteiger partial charge < -0.3 is 14.8 Å². The number of fused-ring (bicyclic) bond motifs is 1. The Labute approximate surface area is 153 Å². The highest BCUT2D eigenvalue weighted by atomic mass is 16.7. The smallest absolute Gasteiger partial charge is 0.345 e. The molecule has 2 aromatic carbocycles. The number of benzene rings is 2. The van der Waals surface area contributed by atoms with Gasteiger partial charge in [0.2, 0.25) is 0 Å². The van der Waals surface area contributed by atoms with E-state index in [0.717, 1.165) is 23.7 Å². The Morgan fingerprint density at radius 3 is 2.92 bits per heavy atom. The van der Waals surface area contributed by atoms with Crippen LogP contribution in [0.2, 0.25) is 0 Å². The fraction of sp³-hybridized carbons (Fsp3) is 0.350. The Hall–Kier alpha value is -2.73. The van der Waals surface area contributed by atoms with E-state index in [1.165, 1.54) is 25.3 Å². The maximum Gasteiger partial charge on any atom is 0.345 e. The molecule has 0 aromatic heterocycles. The highest BCUT2D eigenvalue weighted by Gasteiger charge is 2.18. The van der Waals surface area contributed by atoms with Gasteiger partial charge in [0.05, 0.1) is 19.4 Å². The molecule has 26 heavy (non-hydrogen) atoms. The van der Waals surface area contributed by atoms with Gasteiger partial charge in [-0.05, 0) is 36.2 Å². The Bertz CT molecular complexity index is 778. The van der Waals surface area contributed by atoms with Crippen LogP contribution in [0.3, 0.4) is 0 Å². The van der Waals surface area contributed by atoms with Crippen LogP contribution in [0.15, 0.2) is 42.5 Å². The highest BCUT2D eigenvalue weighted by molar-refractivity contribution is 5.90. The fourth-order valence-corrected chi connectivity index (χ4v) is 2.88. The largest absolute Gasteiger partial charge is 0.491 e. The number of hydrogen-bond donors (Lipinski definition) is 1.